The van der Waals surface area contributed by atoms with Gasteiger partial charge in [0.25, 0.3) is 5.91 Å². The average molecular weight is 370 g/mol. The van der Waals surface area contributed by atoms with E-state index in [1.807, 2.05) is 0 Å². The van der Waals surface area contributed by atoms with Crippen molar-refractivity contribution in [1.82, 2.24) is 0 Å². The third kappa shape index (κ3) is 3.56. The maximum atomic E-state index is 12.1. The first-order valence-corrected chi connectivity index (χ1v) is 7.21. The van der Waals surface area contributed by atoms with Crippen LogP contribution in [-0.2, 0) is 0 Å². The van der Waals surface area contributed by atoms with Gasteiger partial charge in [0.2, 0.25) is 0 Å². The molecule has 0 saturated heterocycles. The highest BCUT2D eigenvalue weighted by Crippen LogP contribution is 2.22. The molecule has 1 amide bonds. The van der Waals surface area contributed by atoms with Crippen LogP contribution in [0.5, 0.6) is 0 Å². The Bertz CT molecular complexity index is 673. The maximum absolute atomic E-state index is 12.1. The van der Waals surface area contributed by atoms with E-state index >= 15 is 0 Å². The average Bonchev–Trinajstić information content (AvgIpc) is 2.41. The van der Waals surface area contributed by atoms with Gasteiger partial charge in [0.15, 0.2) is 0 Å². The number of nitrogens with two attached hydrogens (primary N) is 1. The van der Waals surface area contributed by atoms with Gasteiger partial charge in [-0.25, -0.2) is 0 Å². The molecule has 20 heavy (non-hydrogen) atoms. The highest BCUT2D eigenvalue weighted by Gasteiger charge is 2.11. The fourth-order valence-corrected chi connectivity index (χ4v) is 2.28. The predicted molar refractivity (Wildman–Crippen MR) is 89.4 cm³/mol. The van der Waals surface area contributed by atoms with E-state index in [2.05, 4.69) is 21.2 Å². The van der Waals surface area contributed by atoms with Crippen LogP contribution in [0.25, 0.3) is 0 Å². The number of hydrogen-bond acceptors (Lipinski definition) is 2. The molecule has 0 heterocycles. The van der Waals surface area contributed by atoms with Gasteiger partial charge in [-0.1, -0.05) is 39.7 Å². The molecule has 6 heteroatoms. The van der Waals surface area contributed by atoms with E-state index in [4.69, 9.17) is 29.6 Å². The molecule has 0 unspecified atom stereocenters. The Morgan fingerprint density at radius 2 is 1.85 bits per heavy atom. The zero-order valence-electron chi connectivity index (χ0n) is 10.2. The number of nitrogens with one attached hydrogen (secondary N) is 1. The largest absolute Gasteiger partial charge is 0.389 e. The molecule has 0 atom stereocenters. The summed E-state index contributed by atoms with van der Waals surface area (Å²) >= 11 is 14.1. The van der Waals surface area contributed by atoms with Gasteiger partial charge in [0.05, 0.1) is 5.69 Å². The number of halogens is 2. The first-order chi connectivity index (χ1) is 9.47. The number of carbonyl (C=O) groups excluding carboxylic acids is 1. The van der Waals surface area contributed by atoms with Crippen LogP contribution in [0.15, 0.2) is 46.9 Å². The number of rotatable bonds is 3. The summed E-state index contributed by atoms with van der Waals surface area (Å²) in [6.45, 7) is 0. The van der Waals surface area contributed by atoms with Gasteiger partial charge in [-0.05, 0) is 42.5 Å². The summed E-state index contributed by atoms with van der Waals surface area (Å²) in [6.07, 6.45) is 0. The molecule has 0 aliphatic heterocycles. The van der Waals surface area contributed by atoms with Gasteiger partial charge in [-0.15, -0.1) is 0 Å². The van der Waals surface area contributed by atoms with E-state index in [0.29, 0.717) is 21.8 Å². The molecule has 0 radical (unpaired) electrons. The van der Waals surface area contributed by atoms with E-state index in [1.165, 1.54) is 0 Å². The van der Waals surface area contributed by atoms with Crippen molar-refractivity contribution in [2.45, 2.75) is 0 Å². The summed E-state index contributed by atoms with van der Waals surface area (Å²) in [6, 6.07) is 11.9. The Kier molecular flexibility index (Phi) is 4.75. The van der Waals surface area contributed by atoms with E-state index < -0.39 is 0 Å². The van der Waals surface area contributed by atoms with E-state index in [0.717, 1.165) is 4.47 Å². The second kappa shape index (κ2) is 6.35. The van der Waals surface area contributed by atoms with Gasteiger partial charge in [-0.2, -0.15) is 0 Å². The Morgan fingerprint density at radius 3 is 2.45 bits per heavy atom. The molecule has 3 nitrogen and oxygen atoms in total. The molecule has 2 rings (SSSR count). The van der Waals surface area contributed by atoms with Gasteiger partial charge < -0.3 is 11.1 Å². The van der Waals surface area contributed by atoms with Gasteiger partial charge >= 0.3 is 0 Å². The topological polar surface area (TPSA) is 55.1 Å². The quantitative estimate of drug-likeness (QED) is 0.804. The van der Waals surface area contributed by atoms with Crippen molar-refractivity contribution >= 4 is 56.3 Å². The molecule has 0 fully saturated rings. The van der Waals surface area contributed by atoms with Crippen molar-refractivity contribution in [1.29, 1.82) is 0 Å². The number of thiocarbonyl (C=S) groups is 1. The molecule has 0 aromatic heterocycles. The molecule has 102 valence electrons. The molecule has 0 bridgehead atoms. The fraction of sp³-hybridized carbons (Fsp3) is 0. The van der Waals surface area contributed by atoms with Gasteiger partial charge in [-0.3, -0.25) is 4.79 Å². The van der Waals surface area contributed by atoms with Crippen molar-refractivity contribution in [3.63, 3.8) is 0 Å². The third-order valence-corrected chi connectivity index (χ3v) is 3.57. The van der Waals surface area contributed by atoms with Crippen LogP contribution in [0, 0.1) is 0 Å². The monoisotopic (exact) mass is 368 g/mol. The zero-order chi connectivity index (χ0) is 14.7. The first kappa shape index (κ1) is 15.0. The minimum atomic E-state index is -0.249. The van der Waals surface area contributed by atoms with Crippen LogP contribution in [0.4, 0.5) is 5.69 Å². The second-order valence-electron chi connectivity index (χ2n) is 4.02. The van der Waals surface area contributed by atoms with Crippen LogP contribution in [0.1, 0.15) is 15.9 Å². The number of hydrogen-bond donors (Lipinski definition) is 2. The number of benzene rings is 2. The molecular formula is C14H10BrClN2OS. The molecule has 0 saturated carbocycles. The Morgan fingerprint density at radius 1 is 1.20 bits per heavy atom. The van der Waals surface area contributed by atoms with E-state index in [1.54, 1.807) is 42.5 Å². The first-order valence-electron chi connectivity index (χ1n) is 5.63. The predicted octanol–water partition coefficient (Wildman–Crippen LogP) is 3.99. The lowest BCUT2D eigenvalue weighted by Gasteiger charge is -2.10. The molecule has 2 aromatic carbocycles. The lowest BCUT2D eigenvalue weighted by Crippen LogP contribution is -2.17. The smallest absolute Gasteiger partial charge is 0.255 e. The van der Waals surface area contributed by atoms with E-state index in [9.17, 15) is 4.79 Å². The van der Waals surface area contributed by atoms with Crippen molar-refractivity contribution in [3.8, 4) is 0 Å². The van der Waals surface area contributed by atoms with Gasteiger partial charge in [0.1, 0.15) is 4.99 Å². The van der Waals surface area contributed by atoms with Crippen molar-refractivity contribution in [2.75, 3.05) is 5.32 Å². The number of amides is 1. The van der Waals surface area contributed by atoms with Crippen LogP contribution in [0.2, 0.25) is 5.02 Å². The Labute approximate surface area is 135 Å². The summed E-state index contributed by atoms with van der Waals surface area (Å²) in [4.78, 5) is 12.4. The van der Waals surface area contributed by atoms with Crippen LogP contribution >= 0.6 is 39.7 Å². The van der Waals surface area contributed by atoms with Crippen LogP contribution in [-0.4, -0.2) is 10.9 Å². The Balaban J connectivity index is 2.28. The van der Waals surface area contributed by atoms with Crippen LogP contribution in [0.3, 0.4) is 0 Å². The third-order valence-electron chi connectivity index (χ3n) is 2.60. The summed E-state index contributed by atoms with van der Waals surface area (Å²) in [7, 11) is 0. The summed E-state index contributed by atoms with van der Waals surface area (Å²) < 4.78 is 0.838. The summed E-state index contributed by atoms with van der Waals surface area (Å²) in [5.41, 5.74) is 7.34. The minimum absolute atomic E-state index is 0.220. The number of anilines is 1. The summed E-state index contributed by atoms with van der Waals surface area (Å²) in [5, 5.41) is 3.36. The fourth-order valence-electron chi connectivity index (χ4n) is 1.63. The van der Waals surface area contributed by atoms with Crippen molar-refractivity contribution < 1.29 is 4.79 Å². The SMILES string of the molecule is NC(=S)c1cc(Br)ccc1NC(=O)c1ccc(Cl)cc1. The molecule has 0 spiro atoms. The zero-order valence-corrected chi connectivity index (χ0v) is 13.3. The van der Waals surface area contributed by atoms with E-state index in [-0.39, 0.29) is 10.9 Å². The molecule has 0 aliphatic carbocycles. The second-order valence-corrected chi connectivity index (χ2v) is 5.81. The number of carbonyl (C=O) groups is 1. The highest BCUT2D eigenvalue weighted by atomic mass is 79.9. The normalized spacial score (nSPS) is 10.1. The standard InChI is InChI=1S/C14H10BrClN2OS/c15-9-3-6-12(11(7-9)13(17)20)18-14(19)8-1-4-10(16)5-2-8/h1-7H,(H2,17,20)(H,18,19). The minimum Gasteiger partial charge on any atom is -0.389 e. The van der Waals surface area contributed by atoms with Crippen molar-refractivity contribution in [2.24, 2.45) is 5.73 Å². The summed E-state index contributed by atoms with van der Waals surface area (Å²) in [5.74, 6) is -0.249. The molecule has 2 aromatic rings. The lowest BCUT2D eigenvalue weighted by molar-refractivity contribution is 0.102. The van der Waals surface area contributed by atoms with Crippen molar-refractivity contribution in [3.05, 3.63) is 63.1 Å². The molecule has 3 N–H and O–H groups in total. The van der Waals surface area contributed by atoms with Gasteiger partial charge in [0, 0.05) is 20.6 Å². The lowest BCUT2D eigenvalue weighted by atomic mass is 10.1. The van der Waals surface area contributed by atoms with Crippen LogP contribution < -0.4 is 11.1 Å². The highest BCUT2D eigenvalue weighted by molar-refractivity contribution is 9.10. The molecule has 0 aliphatic rings. The Hall–Kier alpha value is -1.43. The maximum Gasteiger partial charge on any atom is 0.255 e. The molecular weight excluding hydrogens is 360 g/mol.